The van der Waals surface area contributed by atoms with Crippen LogP contribution in [0.5, 0.6) is 0 Å². The van der Waals surface area contributed by atoms with Crippen LogP contribution in [0.15, 0.2) is 27.8 Å². The first kappa shape index (κ1) is 22.0. The van der Waals surface area contributed by atoms with E-state index in [1.807, 2.05) is 29.7 Å². The van der Waals surface area contributed by atoms with Crippen molar-refractivity contribution < 1.29 is 0 Å². The van der Waals surface area contributed by atoms with Crippen LogP contribution in [0.1, 0.15) is 31.2 Å². The number of nitrogens with one attached hydrogen (secondary N) is 1. The Morgan fingerprint density at radius 1 is 1.24 bits per heavy atom. The normalized spacial score (nSPS) is 16.2. The first-order valence-electron chi connectivity index (χ1n) is 11.4. The molecule has 34 heavy (non-hydrogen) atoms. The Balaban J connectivity index is 1.67. The Morgan fingerprint density at radius 2 is 2.06 bits per heavy atom. The highest BCUT2D eigenvalue weighted by molar-refractivity contribution is 5.76. The van der Waals surface area contributed by atoms with Gasteiger partial charge >= 0.3 is 5.69 Å². The van der Waals surface area contributed by atoms with Gasteiger partial charge in [0.15, 0.2) is 11.2 Å². The first-order chi connectivity index (χ1) is 16.4. The number of hydrogen-bond acceptors (Lipinski definition) is 6. The van der Waals surface area contributed by atoms with Crippen molar-refractivity contribution in [1.29, 1.82) is 0 Å². The number of aromatic amines is 1. The number of imidazole rings is 2. The Labute approximate surface area is 196 Å². The van der Waals surface area contributed by atoms with E-state index in [4.69, 9.17) is 10.7 Å². The molecule has 0 aliphatic carbocycles. The SMILES string of the molecule is CC#CCn1c(N2CCCC(N)C2)nc2c1c(=O)n(Cc1ccc3nc(C)[nH]c3c1)c(=O)n2C. The Morgan fingerprint density at radius 3 is 2.82 bits per heavy atom. The molecule has 5 rings (SSSR count). The Kier molecular flexibility index (Phi) is 5.49. The minimum Gasteiger partial charge on any atom is -0.342 e. The van der Waals surface area contributed by atoms with Crippen LogP contribution < -0.4 is 21.9 Å². The van der Waals surface area contributed by atoms with Crippen LogP contribution in [0.4, 0.5) is 5.95 Å². The van der Waals surface area contributed by atoms with Gasteiger partial charge in [0.2, 0.25) is 5.95 Å². The van der Waals surface area contributed by atoms with Gasteiger partial charge in [-0.25, -0.2) is 9.78 Å². The van der Waals surface area contributed by atoms with E-state index < -0.39 is 5.69 Å². The van der Waals surface area contributed by atoms with Crippen molar-refractivity contribution in [3.63, 3.8) is 0 Å². The lowest BCUT2D eigenvalue weighted by Gasteiger charge is -2.31. The minimum absolute atomic E-state index is 0.0424. The Hall–Kier alpha value is -3.84. The number of nitrogens with two attached hydrogens (primary N) is 1. The van der Waals surface area contributed by atoms with Crippen molar-refractivity contribution in [3.05, 3.63) is 50.4 Å². The van der Waals surface area contributed by atoms with Crippen LogP contribution in [0.3, 0.4) is 0 Å². The summed E-state index contributed by atoms with van der Waals surface area (Å²) < 4.78 is 4.53. The number of anilines is 1. The smallest absolute Gasteiger partial charge is 0.332 e. The lowest BCUT2D eigenvalue weighted by Crippen LogP contribution is -2.44. The predicted octanol–water partition coefficient (Wildman–Crippen LogP) is 1.08. The van der Waals surface area contributed by atoms with Crippen LogP contribution in [0, 0.1) is 18.8 Å². The zero-order valence-corrected chi connectivity index (χ0v) is 19.6. The van der Waals surface area contributed by atoms with Gasteiger partial charge in [0.05, 0.1) is 24.1 Å². The van der Waals surface area contributed by atoms with Crippen LogP contribution in [-0.2, 0) is 20.1 Å². The molecule has 10 nitrogen and oxygen atoms in total. The third-order valence-electron chi connectivity index (χ3n) is 6.37. The fraction of sp³-hybridized carbons (Fsp3) is 0.417. The number of nitrogens with zero attached hydrogens (tertiary/aromatic N) is 6. The van der Waals surface area contributed by atoms with E-state index in [2.05, 4.69) is 26.7 Å². The number of H-pyrrole nitrogens is 1. The van der Waals surface area contributed by atoms with Crippen LogP contribution in [0.25, 0.3) is 22.2 Å². The molecule has 176 valence electrons. The molecular formula is C24H28N8O2. The van der Waals surface area contributed by atoms with Crippen molar-refractivity contribution in [1.82, 2.24) is 28.7 Å². The molecule has 1 fully saturated rings. The summed E-state index contributed by atoms with van der Waals surface area (Å²) in [5, 5.41) is 0. The lowest BCUT2D eigenvalue weighted by molar-refractivity contribution is 0.496. The number of benzene rings is 1. The van der Waals surface area contributed by atoms with Gasteiger partial charge in [0.25, 0.3) is 5.56 Å². The number of aryl methyl sites for hydroxylation is 2. The second-order valence-electron chi connectivity index (χ2n) is 8.85. The van der Waals surface area contributed by atoms with E-state index in [1.165, 1.54) is 9.13 Å². The molecule has 3 aromatic heterocycles. The number of hydrogen-bond donors (Lipinski definition) is 2. The van der Waals surface area contributed by atoms with Crippen molar-refractivity contribution in [2.24, 2.45) is 12.8 Å². The van der Waals surface area contributed by atoms with Gasteiger partial charge in [-0.1, -0.05) is 12.0 Å². The fourth-order valence-corrected chi connectivity index (χ4v) is 4.71. The zero-order valence-electron chi connectivity index (χ0n) is 19.6. The van der Waals surface area contributed by atoms with Crippen LogP contribution in [-0.4, -0.2) is 47.8 Å². The molecule has 0 saturated carbocycles. The van der Waals surface area contributed by atoms with Gasteiger partial charge in [-0.05, 0) is 44.4 Å². The molecule has 0 amide bonds. The van der Waals surface area contributed by atoms with Crippen molar-refractivity contribution >= 4 is 28.1 Å². The topological polar surface area (TPSA) is 120 Å². The second kappa shape index (κ2) is 8.50. The molecule has 4 heterocycles. The van der Waals surface area contributed by atoms with E-state index in [9.17, 15) is 9.59 Å². The van der Waals surface area contributed by atoms with Gasteiger partial charge in [0.1, 0.15) is 5.82 Å². The third-order valence-corrected chi connectivity index (χ3v) is 6.37. The van der Waals surface area contributed by atoms with Crippen molar-refractivity contribution in [2.75, 3.05) is 18.0 Å². The predicted molar refractivity (Wildman–Crippen MR) is 132 cm³/mol. The molecular weight excluding hydrogens is 432 g/mol. The first-order valence-corrected chi connectivity index (χ1v) is 11.4. The largest absolute Gasteiger partial charge is 0.342 e. The van der Waals surface area contributed by atoms with Crippen molar-refractivity contribution in [2.45, 2.75) is 45.8 Å². The second-order valence-corrected chi connectivity index (χ2v) is 8.85. The molecule has 0 spiro atoms. The molecule has 10 heteroatoms. The molecule has 4 aromatic rings. The number of rotatable bonds is 4. The average Bonchev–Trinajstić information content (AvgIpc) is 3.38. The monoisotopic (exact) mass is 460 g/mol. The molecule has 0 radical (unpaired) electrons. The maximum absolute atomic E-state index is 13.7. The summed E-state index contributed by atoms with van der Waals surface area (Å²) in [5.41, 5.74) is 8.69. The standard InChI is InChI=1S/C24H28N8O2/c1-4-5-11-31-20-21(28-23(31)30-10-6-7-17(25)14-30)29(3)24(34)32(22(20)33)13-16-8-9-18-19(12-16)27-15(2)26-18/h8-9,12,17H,6-7,10-11,13-14,25H2,1-3H3,(H,26,27). The summed E-state index contributed by atoms with van der Waals surface area (Å²) in [6.07, 6.45) is 1.90. The summed E-state index contributed by atoms with van der Waals surface area (Å²) in [4.78, 5) is 41.4. The quantitative estimate of drug-likeness (QED) is 0.440. The van der Waals surface area contributed by atoms with Gasteiger partial charge in [-0.3, -0.25) is 18.5 Å². The summed E-state index contributed by atoms with van der Waals surface area (Å²) in [7, 11) is 1.65. The maximum Gasteiger partial charge on any atom is 0.332 e. The molecule has 3 N–H and O–H groups in total. The highest BCUT2D eigenvalue weighted by atomic mass is 16.2. The maximum atomic E-state index is 13.7. The fourth-order valence-electron chi connectivity index (χ4n) is 4.71. The highest BCUT2D eigenvalue weighted by Gasteiger charge is 2.26. The van der Waals surface area contributed by atoms with Gasteiger partial charge in [0, 0.05) is 26.2 Å². The van der Waals surface area contributed by atoms with Gasteiger partial charge in [-0.15, -0.1) is 5.92 Å². The van der Waals surface area contributed by atoms with E-state index in [0.29, 0.717) is 30.2 Å². The average molecular weight is 461 g/mol. The highest BCUT2D eigenvalue weighted by Crippen LogP contribution is 2.23. The lowest BCUT2D eigenvalue weighted by atomic mass is 10.1. The van der Waals surface area contributed by atoms with Crippen LogP contribution in [0.2, 0.25) is 0 Å². The zero-order chi connectivity index (χ0) is 24.0. The number of fused-ring (bicyclic) bond motifs is 2. The number of aromatic nitrogens is 6. The molecule has 1 atom stereocenters. The van der Waals surface area contributed by atoms with Gasteiger partial charge in [-0.2, -0.15) is 4.98 Å². The summed E-state index contributed by atoms with van der Waals surface area (Å²) in [5.74, 6) is 7.40. The van der Waals surface area contributed by atoms with Gasteiger partial charge < -0.3 is 15.6 Å². The molecule has 1 aliphatic rings. The van der Waals surface area contributed by atoms with E-state index in [0.717, 1.165) is 41.8 Å². The summed E-state index contributed by atoms with van der Waals surface area (Å²) >= 11 is 0. The Bertz CT molecular complexity index is 1580. The van der Waals surface area contributed by atoms with Crippen molar-refractivity contribution in [3.8, 4) is 11.8 Å². The molecule has 1 aliphatic heterocycles. The molecule has 1 unspecified atom stereocenters. The summed E-state index contributed by atoms with van der Waals surface area (Å²) in [6.45, 7) is 5.54. The third kappa shape index (κ3) is 3.68. The van der Waals surface area contributed by atoms with E-state index >= 15 is 0 Å². The molecule has 0 bridgehead atoms. The van der Waals surface area contributed by atoms with Crippen LogP contribution >= 0.6 is 0 Å². The molecule has 1 aromatic carbocycles. The van der Waals surface area contributed by atoms with E-state index in [-0.39, 0.29) is 18.1 Å². The number of piperidine rings is 1. The van der Waals surface area contributed by atoms with E-state index in [1.54, 1.807) is 14.0 Å². The minimum atomic E-state index is -0.411. The summed E-state index contributed by atoms with van der Waals surface area (Å²) in [6, 6.07) is 5.74. The molecule has 1 saturated heterocycles.